The summed E-state index contributed by atoms with van der Waals surface area (Å²) in [7, 11) is 0. The molecule has 0 N–H and O–H groups in total. The van der Waals surface area contributed by atoms with E-state index < -0.39 is 5.41 Å². The standard InChI is InChI=1S/C59H39NO/c1-3-17-45(18-4-1)59(46-19-5-2-6-20-46)54-24-12-9-22-50(54)51-36-34-48(39-55(51)59)60(47-32-29-41(30-33-47)43-28-27-40-15-7-8-16-42(40)37-43)56-25-13-10-21-49(56)44-31-35-53-52-23-11-14-26-57(52)61-58(53)38-44/h1-39H. The molecule has 1 heterocycles. The molecule has 1 aliphatic rings. The van der Waals surface area contributed by atoms with Gasteiger partial charge in [-0.15, -0.1) is 0 Å². The molecule has 0 fully saturated rings. The molecule has 0 aliphatic heterocycles. The van der Waals surface area contributed by atoms with Crippen molar-refractivity contribution in [2.24, 2.45) is 0 Å². The van der Waals surface area contributed by atoms with Crippen molar-refractivity contribution < 1.29 is 4.42 Å². The van der Waals surface area contributed by atoms with Gasteiger partial charge in [0.1, 0.15) is 11.2 Å². The van der Waals surface area contributed by atoms with E-state index in [2.05, 4.69) is 229 Å². The lowest BCUT2D eigenvalue weighted by atomic mass is 9.67. The highest BCUT2D eigenvalue weighted by Gasteiger charge is 2.46. The van der Waals surface area contributed by atoms with Crippen LogP contribution in [0, 0.1) is 0 Å². The van der Waals surface area contributed by atoms with Crippen LogP contribution in [0.5, 0.6) is 0 Å². The van der Waals surface area contributed by atoms with Crippen LogP contribution in [0.2, 0.25) is 0 Å². The Kier molecular flexibility index (Phi) is 8.11. The second-order valence-electron chi connectivity index (χ2n) is 16.0. The molecule has 0 bridgehead atoms. The Bertz CT molecular complexity index is 3380. The Morgan fingerprint density at radius 1 is 0.328 bits per heavy atom. The highest BCUT2D eigenvalue weighted by molar-refractivity contribution is 6.06. The maximum Gasteiger partial charge on any atom is 0.136 e. The number of anilines is 3. The number of furan rings is 1. The molecule has 0 saturated carbocycles. The van der Waals surface area contributed by atoms with Crippen LogP contribution in [0.4, 0.5) is 17.1 Å². The molecule has 12 rings (SSSR count). The quantitative estimate of drug-likeness (QED) is 0.160. The van der Waals surface area contributed by atoms with Crippen molar-refractivity contribution in [3.05, 3.63) is 259 Å². The molecular weight excluding hydrogens is 739 g/mol. The summed E-state index contributed by atoms with van der Waals surface area (Å²) in [5.74, 6) is 0. The fraction of sp³-hybridized carbons (Fsp3) is 0.0169. The SMILES string of the molecule is c1ccc(C2(c3ccccc3)c3ccccc3-c3ccc(N(c4ccc(-c5ccc6ccccc6c5)cc4)c4ccccc4-c4ccc5c(c4)oc4ccccc45)cc32)cc1. The van der Waals surface area contributed by atoms with Crippen LogP contribution in [0.3, 0.4) is 0 Å². The van der Waals surface area contributed by atoms with E-state index in [-0.39, 0.29) is 0 Å². The first-order valence-corrected chi connectivity index (χ1v) is 21.0. The van der Waals surface area contributed by atoms with Gasteiger partial charge < -0.3 is 9.32 Å². The molecule has 1 aromatic heterocycles. The van der Waals surface area contributed by atoms with Crippen molar-refractivity contribution in [2.75, 3.05) is 4.90 Å². The number of rotatable bonds is 7. The summed E-state index contributed by atoms with van der Waals surface area (Å²) in [4.78, 5) is 2.44. The summed E-state index contributed by atoms with van der Waals surface area (Å²) in [6, 6.07) is 86.2. The third-order valence-electron chi connectivity index (χ3n) is 12.7. The number of para-hydroxylation sites is 2. The van der Waals surface area contributed by atoms with Gasteiger partial charge in [0, 0.05) is 27.7 Å². The van der Waals surface area contributed by atoms with Gasteiger partial charge in [0.15, 0.2) is 0 Å². The van der Waals surface area contributed by atoms with Crippen LogP contribution in [-0.2, 0) is 5.41 Å². The molecule has 0 spiro atoms. The lowest BCUT2D eigenvalue weighted by Crippen LogP contribution is -2.28. The maximum absolute atomic E-state index is 6.44. The average molecular weight is 778 g/mol. The minimum atomic E-state index is -0.526. The normalized spacial score (nSPS) is 12.7. The zero-order valence-electron chi connectivity index (χ0n) is 33.4. The molecule has 0 atom stereocenters. The van der Waals surface area contributed by atoms with Gasteiger partial charge in [0.25, 0.3) is 0 Å². The van der Waals surface area contributed by atoms with E-state index >= 15 is 0 Å². The Morgan fingerprint density at radius 2 is 0.918 bits per heavy atom. The first kappa shape index (κ1) is 35.0. The summed E-state index contributed by atoms with van der Waals surface area (Å²) in [5, 5.41) is 4.73. The minimum Gasteiger partial charge on any atom is -0.456 e. The van der Waals surface area contributed by atoms with Crippen LogP contribution in [0.15, 0.2) is 241 Å². The molecule has 2 nitrogen and oxygen atoms in total. The van der Waals surface area contributed by atoms with Gasteiger partial charge in [-0.3, -0.25) is 0 Å². The molecule has 10 aromatic carbocycles. The fourth-order valence-corrected chi connectivity index (χ4v) is 9.98. The summed E-state index contributed by atoms with van der Waals surface area (Å²) in [5.41, 5.74) is 16.6. The Hall–Kier alpha value is -7.94. The van der Waals surface area contributed by atoms with Crippen molar-refractivity contribution in [3.8, 4) is 33.4 Å². The van der Waals surface area contributed by atoms with Crippen molar-refractivity contribution >= 4 is 49.8 Å². The Balaban J connectivity index is 1.08. The summed E-state index contributed by atoms with van der Waals surface area (Å²) in [6.45, 7) is 0. The second kappa shape index (κ2) is 14.1. The Labute approximate surface area is 355 Å². The number of benzene rings is 10. The van der Waals surface area contributed by atoms with Gasteiger partial charge >= 0.3 is 0 Å². The molecule has 0 amide bonds. The summed E-state index contributed by atoms with van der Waals surface area (Å²) in [6.07, 6.45) is 0. The van der Waals surface area contributed by atoms with Crippen LogP contribution in [0.25, 0.3) is 66.1 Å². The second-order valence-corrected chi connectivity index (χ2v) is 16.0. The third kappa shape index (κ3) is 5.57. The molecule has 2 heteroatoms. The average Bonchev–Trinajstić information content (AvgIpc) is 3.86. The van der Waals surface area contributed by atoms with Crippen LogP contribution in [0.1, 0.15) is 22.3 Å². The minimum absolute atomic E-state index is 0.526. The number of fused-ring (bicyclic) bond motifs is 7. The van der Waals surface area contributed by atoms with Gasteiger partial charge in [-0.25, -0.2) is 0 Å². The zero-order chi connectivity index (χ0) is 40.3. The van der Waals surface area contributed by atoms with Crippen molar-refractivity contribution in [2.45, 2.75) is 5.41 Å². The highest BCUT2D eigenvalue weighted by atomic mass is 16.3. The van der Waals surface area contributed by atoms with E-state index in [1.165, 1.54) is 55.3 Å². The van der Waals surface area contributed by atoms with E-state index in [0.717, 1.165) is 50.1 Å². The first-order valence-electron chi connectivity index (χ1n) is 21.0. The molecule has 0 unspecified atom stereocenters. The van der Waals surface area contributed by atoms with Crippen LogP contribution < -0.4 is 4.90 Å². The molecule has 61 heavy (non-hydrogen) atoms. The van der Waals surface area contributed by atoms with E-state index in [1.807, 2.05) is 12.1 Å². The molecule has 1 aliphatic carbocycles. The van der Waals surface area contributed by atoms with Crippen molar-refractivity contribution in [1.29, 1.82) is 0 Å². The van der Waals surface area contributed by atoms with Gasteiger partial charge in [0.05, 0.1) is 11.1 Å². The smallest absolute Gasteiger partial charge is 0.136 e. The lowest BCUT2D eigenvalue weighted by Gasteiger charge is -2.35. The van der Waals surface area contributed by atoms with Gasteiger partial charge in [-0.2, -0.15) is 0 Å². The van der Waals surface area contributed by atoms with Gasteiger partial charge in [-0.05, 0) is 115 Å². The summed E-state index contributed by atoms with van der Waals surface area (Å²) < 4.78 is 6.44. The topological polar surface area (TPSA) is 16.4 Å². The zero-order valence-corrected chi connectivity index (χ0v) is 33.4. The lowest BCUT2D eigenvalue weighted by molar-refractivity contribution is 0.669. The van der Waals surface area contributed by atoms with E-state index in [0.29, 0.717) is 0 Å². The largest absolute Gasteiger partial charge is 0.456 e. The molecule has 11 aromatic rings. The van der Waals surface area contributed by atoms with E-state index in [9.17, 15) is 0 Å². The van der Waals surface area contributed by atoms with Crippen LogP contribution in [-0.4, -0.2) is 0 Å². The predicted molar refractivity (Wildman–Crippen MR) is 254 cm³/mol. The Morgan fingerprint density at radius 3 is 1.72 bits per heavy atom. The molecule has 0 saturated heterocycles. The molecule has 0 radical (unpaired) electrons. The third-order valence-corrected chi connectivity index (χ3v) is 12.7. The monoisotopic (exact) mass is 777 g/mol. The number of hydrogen-bond donors (Lipinski definition) is 0. The predicted octanol–water partition coefficient (Wildman–Crippen LogP) is 15.9. The molecule has 286 valence electrons. The van der Waals surface area contributed by atoms with Gasteiger partial charge in [0.2, 0.25) is 0 Å². The van der Waals surface area contributed by atoms with E-state index in [4.69, 9.17) is 4.42 Å². The first-order chi connectivity index (χ1) is 30.2. The number of hydrogen-bond acceptors (Lipinski definition) is 2. The maximum atomic E-state index is 6.44. The number of nitrogens with zero attached hydrogens (tertiary/aromatic N) is 1. The summed E-state index contributed by atoms with van der Waals surface area (Å²) >= 11 is 0. The highest BCUT2D eigenvalue weighted by Crippen LogP contribution is 2.57. The van der Waals surface area contributed by atoms with Crippen LogP contribution >= 0.6 is 0 Å². The van der Waals surface area contributed by atoms with Crippen molar-refractivity contribution in [3.63, 3.8) is 0 Å². The van der Waals surface area contributed by atoms with E-state index in [1.54, 1.807) is 0 Å². The van der Waals surface area contributed by atoms with Crippen molar-refractivity contribution in [1.82, 2.24) is 0 Å². The molecular formula is C59H39NO. The van der Waals surface area contributed by atoms with Gasteiger partial charge in [-0.1, -0.05) is 182 Å². The fourth-order valence-electron chi connectivity index (χ4n) is 9.98.